The number of aryl methyl sites for hydroxylation is 1. The van der Waals surface area contributed by atoms with E-state index in [4.69, 9.17) is 4.74 Å². The highest BCUT2D eigenvalue weighted by molar-refractivity contribution is 5.55. The Morgan fingerprint density at radius 1 is 1.22 bits per heavy atom. The summed E-state index contributed by atoms with van der Waals surface area (Å²) in [5.41, 5.74) is 4.54. The van der Waals surface area contributed by atoms with Gasteiger partial charge in [-0.2, -0.15) is 0 Å². The minimum absolute atomic E-state index is 0.252. The largest absolute Gasteiger partial charge is 0.490 e. The summed E-state index contributed by atoms with van der Waals surface area (Å²) < 4.78 is 9.97. The van der Waals surface area contributed by atoms with Gasteiger partial charge in [-0.3, -0.25) is 4.57 Å². The van der Waals surface area contributed by atoms with Crippen molar-refractivity contribution in [3.05, 3.63) is 47.5 Å². The van der Waals surface area contributed by atoms with Crippen molar-refractivity contribution in [2.24, 2.45) is 7.05 Å². The second kappa shape index (κ2) is 4.98. The summed E-state index contributed by atoms with van der Waals surface area (Å²) in [6.45, 7) is 6.20. The van der Waals surface area contributed by atoms with E-state index in [0.717, 1.165) is 40.9 Å². The van der Waals surface area contributed by atoms with Crippen molar-refractivity contribution in [2.45, 2.75) is 33.3 Å². The molecule has 0 fully saturated rings. The molecule has 118 valence electrons. The van der Waals surface area contributed by atoms with Crippen molar-refractivity contribution in [2.75, 3.05) is 0 Å². The predicted octanol–water partition coefficient (Wildman–Crippen LogP) is 3.21. The van der Waals surface area contributed by atoms with Crippen LogP contribution in [0.15, 0.2) is 30.6 Å². The summed E-state index contributed by atoms with van der Waals surface area (Å²) >= 11 is 0. The summed E-state index contributed by atoms with van der Waals surface area (Å²) in [6, 6.07) is 6.31. The third-order valence-electron chi connectivity index (χ3n) is 4.62. The van der Waals surface area contributed by atoms with Gasteiger partial charge < -0.3 is 9.30 Å². The van der Waals surface area contributed by atoms with Gasteiger partial charge in [0.15, 0.2) is 11.6 Å². The van der Waals surface area contributed by atoms with Crippen LogP contribution >= 0.6 is 0 Å². The normalized spacial score (nSPS) is 16.4. The van der Waals surface area contributed by atoms with Gasteiger partial charge in [-0.25, -0.2) is 9.97 Å². The van der Waals surface area contributed by atoms with E-state index in [9.17, 15) is 0 Å². The average molecular weight is 308 g/mol. The Balaban J connectivity index is 1.82. The fourth-order valence-electron chi connectivity index (χ4n) is 3.15. The molecule has 23 heavy (non-hydrogen) atoms. The summed E-state index contributed by atoms with van der Waals surface area (Å²) in [6.07, 6.45) is 5.01. The monoisotopic (exact) mass is 308 g/mol. The highest BCUT2D eigenvalue weighted by Crippen LogP contribution is 2.31. The van der Waals surface area contributed by atoms with Crippen LogP contribution in [0.2, 0.25) is 0 Å². The molecule has 0 N–H and O–H groups in total. The smallest absolute Gasteiger partial charge is 0.181 e. The van der Waals surface area contributed by atoms with Crippen LogP contribution in [0.4, 0.5) is 0 Å². The molecule has 5 heteroatoms. The molecular weight excluding hydrogens is 288 g/mol. The number of nitrogens with zero attached hydrogens (tertiary/aromatic N) is 4. The van der Waals surface area contributed by atoms with E-state index in [-0.39, 0.29) is 6.10 Å². The van der Waals surface area contributed by atoms with Crippen LogP contribution in [0.5, 0.6) is 5.75 Å². The number of hydrogen-bond acceptors (Lipinski definition) is 3. The number of benzene rings is 1. The maximum atomic E-state index is 5.79. The van der Waals surface area contributed by atoms with Crippen LogP contribution in [0.3, 0.4) is 0 Å². The van der Waals surface area contributed by atoms with E-state index >= 15 is 0 Å². The molecule has 1 unspecified atom stereocenters. The second-order valence-corrected chi connectivity index (χ2v) is 6.21. The minimum atomic E-state index is 0.252. The van der Waals surface area contributed by atoms with Gasteiger partial charge in [-0.1, -0.05) is 0 Å². The third-order valence-corrected chi connectivity index (χ3v) is 4.62. The molecule has 5 nitrogen and oxygen atoms in total. The first-order chi connectivity index (χ1) is 11.0. The molecule has 0 saturated heterocycles. The van der Waals surface area contributed by atoms with E-state index < -0.39 is 0 Å². The molecule has 0 amide bonds. The molecule has 0 spiro atoms. The third kappa shape index (κ3) is 2.15. The van der Waals surface area contributed by atoms with Crippen LogP contribution < -0.4 is 4.74 Å². The number of imidazole rings is 2. The zero-order chi connectivity index (χ0) is 16.1. The highest BCUT2D eigenvalue weighted by atomic mass is 16.5. The predicted molar refractivity (Wildman–Crippen MR) is 89.0 cm³/mol. The van der Waals surface area contributed by atoms with Gasteiger partial charge >= 0.3 is 0 Å². The molecule has 3 aromatic rings. The van der Waals surface area contributed by atoms with Crippen molar-refractivity contribution >= 4 is 0 Å². The van der Waals surface area contributed by atoms with Gasteiger partial charge in [0.05, 0.1) is 5.69 Å². The Kier molecular flexibility index (Phi) is 3.04. The van der Waals surface area contributed by atoms with Crippen LogP contribution in [0, 0.1) is 13.8 Å². The molecule has 2 aromatic heterocycles. The van der Waals surface area contributed by atoms with E-state index in [2.05, 4.69) is 45.1 Å². The van der Waals surface area contributed by atoms with Crippen LogP contribution in [0.1, 0.15) is 23.9 Å². The molecule has 4 rings (SSSR count). The zero-order valence-corrected chi connectivity index (χ0v) is 13.9. The zero-order valence-electron chi connectivity index (χ0n) is 13.9. The first-order valence-electron chi connectivity index (χ1n) is 7.88. The van der Waals surface area contributed by atoms with Gasteiger partial charge in [-0.15, -0.1) is 0 Å². The maximum Gasteiger partial charge on any atom is 0.181 e. The Hall–Kier alpha value is -2.56. The maximum absolute atomic E-state index is 5.79. The summed E-state index contributed by atoms with van der Waals surface area (Å²) in [7, 11) is 2.03. The summed E-state index contributed by atoms with van der Waals surface area (Å²) in [4.78, 5) is 9.21. The Morgan fingerprint density at radius 2 is 2.04 bits per heavy atom. The van der Waals surface area contributed by atoms with Crippen molar-refractivity contribution in [3.8, 4) is 23.1 Å². The molecule has 0 radical (unpaired) electrons. The van der Waals surface area contributed by atoms with Crippen molar-refractivity contribution < 1.29 is 4.74 Å². The number of rotatable bonds is 2. The molecule has 1 atom stereocenters. The first-order valence-corrected chi connectivity index (χ1v) is 7.88. The minimum Gasteiger partial charge on any atom is -0.490 e. The molecule has 1 aromatic carbocycles. The lowest BCUT2D eigenvalue weighted by Crippen LogP contribution is -2.05. The topological polar surface area (TPSA) is 44.9 Å². The fraction of sp³-hybridized carbons (Fsp3) is 0.333. The lowest BCUT2D eigenvalue weighted by molar-refractivity contribution is 0.254. The number of fused-ring (bicyclic) bond motifs is 1. The first kappa shape index (κ1) is 14.1. The summed E-state index contributed by atoms with van der Waals surface area (Å²) in [5, 5.41) is 0. The summed E-state index contributed by atoms with van der Waals surface area (Å²) in [5.74, 6) is 2.73. The van der Waals surface area contributed by atoms with E-state index in [1.165, 1.54) is 5.56 Å². The fourth-order valence-corrected chi connectivity index (χ4v) is 3.15. The van der Waals surface area contributed by atoms with Crippen LogP contribution in [-0.4, -0.2) is 25.2 Å². The Morgan fingerprint density at radius 3 is 2.78 bits per heavy atom. The van der Waals surface area contributed by atoms with Crippen molar-refractivity contribution in [1.82, 2.24) is 19.1 Å². The molecule has 0 saturated carbocycles. The van der Waals surface area contributed by atoms with Gasteiger partial charge in [0, 0.05) is 37.2 Å². The Bertz CT molecular complexity index is 891. The molecule has 1 aliphatic heterocycles. The highest BCUT2D eigenvalue weighted by Gasteiger charge is 2.21. The lowest BCUT2D eigenvalue weighted by atomic mass is 10.1. The number of aromatic nitrogens is 4. The van der Waals surface area contributed by atoms with Crippen LogP contribution in [0.25, 0.3) is 17.3 Å². The number of ether oxygens (including phenoxy) is 1. The van der Waals surface area contributed by atoms with E-state index in [0.29, 0.717) is 0 Å². The van der Waals surface area contributed by atoms with Gasteiger partial charge in [0.2, 0.25) is 0 Å². The quantitative estimate of drug-likeness (QED) is 0.730. The van der Waals surface area contributed by atoms with Gasteiger partial charge in [0.1, 0.15) is 11.9 Å². The van der Waals surface area contributed by atoms with Crippen molar-refractivity contribution in [1.29, 1.82) is 0 Å². The molecule has 3 heterocycles. The van der Waals surface area contributed by atoms with Crippen molar-refractivity contribution in [3.63, 3.8) is 0 Å². The van der Waals surface area contributed by atoms with Gasteiger partial charge in [-0.05, 0) is 44.5 Å². The Labute approximate surface area is 135 Å². The SMILES string of the molecule is Cc1nc(-c2nccn2-c2ccc3c(c2)CC(C)O3)n(C)c1C. The molecule has 1 aliphatic rings. The standard InChI is InChI=1S/C18H20N4O/c1-11-9-14-10-15(5-6-16(14)23-11)22-8-7-19-17(22)18-20-12(2)13(3)21(18)4/h5-8,10-11H,9H2,1-4H3. The molecule has 0 bridgehead atoms. The number of hydrogen-bond donors (Lipinski definition) is 0. The van der Waals surface area contributed by atoms with E-state index in [1.807, 2.05) is 32.4 Å². The molecule has 0 aliphatic carbocycles. The van der Waals surface area contributed by atoms with E-state index in [1.54, 1.807) is 0 Å². The lowest BCUT2D eigenvalue weighted by Gasteiger charge is -2.09. The van der Waals surface area contributed by atoms with Crippen LogP contribution in [-0.2, 0) is 13.5 Å². The molecular formula is C18H20N4O. The second-order valence-electron chi connectivity index (χ2n) is 6.21. The average Bonchev–Trinajstić information content (AvgIpc) is 3.20. The van der Waals surface area contributed by atoms with Gasteiger partial charge in [0.25, 0.3) is 0 Å².